The molecule has 0 saturated carbocycles. The number of ether oxygens (including phenoxy) is 1. The van der Waals surface area contributed by atoms with Crippen LogP contribution in [0.4, 0.5) is 0 Å². The summed E-state index contributed by atoms with van der Waals surface area (Å²) >= 11 is 0.734. The van der Waals surface area contributed by atoms with Crippen LogP contribution in [0.2, 0.25) is 0 Å². The fourth-order valence-electron chi connectivity index (χ4n) is 1.56. The Morgan fingerprint density at radius 3 is 2.38 bits per heavy atom. The van der Waals surface area contributed by atoms with Crippen LogP contribution in [0, 0.1) is 0 Å². The van der Waals surface area contributed by atoms with Crippen LogP contribution in [0.25, 0.3) is 0 Å². The van der Waals surface area contributed by atoms with Crippen LogP contribution >= 0.6 is 11.8 Å². The first kappa shape index (κ1) is 18.6. The second kappa shape index (κ2) is 7.69. The average molecular weight is 347 g/mol. The van der Waals surface area contributed by atoms with E-state index in [0.29, 0.717) is 0 Å². The summed E-state index contributed by atoms with van der Waals surface area (Å²) in [5.74, 6) is 0. The zero-order valence-electron chi connectivity index (χ0n) is 10.9. The molecule has 5 N–H and O–H groups in total. The van der Waals surface area contributed by atoms with Crippen LogP contribution in [0.1, 0.15) is 13.3 Å². The van der Waals surface area contributed by atoms with Crippen molar-refractivity contribution in [2.24, 2.45) is 5.16 Å². The first-order chi connectivity index (χ1) is 9.69. The van der Waals surface area contributed by atoms with E-state index in [0.717, 1.165) is 11.8 Å². The van der Waals surface area contributed by atoms with E-state index in [9.17, 15) is 23.7 Å². The quantitative estimate of drug-likeness (QED) is 0.163. The van der Waals surface area contributed by atoms with Crippen LogP contribution in [0.3, 0.4) is 0 Å². The van der Waals surface area contributed by atoms with Crippen molar-refractivity contribution in [1.29, 1.82) is 0 Å². The molecule has 1 saturated heterocycles. The SMILES string of the molecule is CCC(=NOS(=O)(=O)O)S[C@@H]1OC(CO)[C@@H](O)[C@H](O)C1O. The van der Waals surface area contributed by atoms with Gasteiger partial charge in [-0.05, 0) is 6.42 Å². The highest BCUT2D eigenvalue weighted by Crippen LogP contribution is 2.30. The van der Waals surface area contributed by atoms with Gasteiger partial charge in [-0.15, -0.1) is 0 Å². The topological polar surface area (TPSA) is 166 Å². The molecule has 21 heavy (non-hydrogen) atoms. The molecular weight excluding hydrogens is 330 g/mol. The molecule has 1 rings (SSSR count). The maximum Gasteiger partial charge on any atom is 0.466 e. The monoisotopic (exact) mass is 347 g/mol. The van der Waals surface area contributed by atoms with Gasteiger partial charge in [0.25, 0.3) is 0 Å². The minimum atomic E-state index is -4.75. The van der Waals surface area contributed by atoms with Crippen molar-refractivity contribution in [2.75, 3.05) is 6.61 Å². The highest BCUT2D eigenvalue weighted by molar-refractivity contribution is 8.14. The number of nitrogens with zero attached hydrogens (tertiary/aromatic N) is 1. The predicted octanol–water partition coefficient (Wildman–Crippen LogP) is -1.94. The number of oxime groups is 1. The summed E-state index contributed by atoms with van der Waals surface area (Å²) in [7, 11) is -4.75. The number of hydrogen-bond acceptors (Lipinski definition) is 10. The van der Waals surface area contributed by atoms with E-state index in [1.54, 1.807) is 6.92 Å². The summed E-state index contributed by atoms with van der Waals surface area (Å²) in [5, 5.41) is 41.3. The van der Waals surface area contributed by atoms with Gasteiger partial charge in [0.05, 0.1) is 6.61 Å². The summed E-state index contributed by atoms with van der Waals surface area (Å²) in [4.78, 5) is 0. The molecule has 0 bridgehead atoms. The Labute approximate surface area is 125 Å². The molecule has 1 fully saturated rings. The van der Waals surface area contributed by atoms with Crippen LogP contribution in [0.5, 0.6) is 0 Å². The van der Waals surface area contributed by atoms with Crippen molar-refractivity contribution in [3.8, 4) is 0 Å². The van der Waals surface area contributed by atoms with Crippen LogP contribution in [0.15, 0.2) is 5.16 Å². The first-order valence-corrected chi connectivity index (χ1v) is 8.14. The molecule has 1 heterocycles. The smallest absolute Gasteiger partial charge is 0.394 e. The number of rotatable bonds is 5. The summed E-state index contributed by atoms with van der Waals surface area (Å²) in [6, 6.07) is 0. The van der Waals surface area contributed by atoms with Gasteiger partial charge in [0.2, 0.25) is 0 Å². The third-order valence-corrected chi connectivity index (χ3v) is 4.16. The van der Waals surface area contributed by atoms with Crippen molar-refractivity contribution < 1.29 is 42.4 Å². The van der Waals surface area contributed by atoms with E-state index in [2.05, 4.69) is 9.44 Å². The minimum absolute atomic E-state index is 0.0527. The van der Waals surface area contributed by atoms with Crippen molar-refractivity contribution in [2.45, 2.75) is 43.2 Å². The number of aliphatic hydroxyl groups is 4. The minimum Gasteiger partial charge on any atom is -0.394 e. The fraction of sp³-hybridized carbons (Fsp3) is 0.889. The van der Waals surface area contributed by atoms with E-state index < -0.39 is 46.9 Å². The maximum absolute atomic E-state index is 10.4. The van der Waals surface area contributed by atoms with Gasteiger partial charge in [0.1, 0.15) is 34.9 Å². The average Bonchev–Trinajstić information content (AvgIpc) is 2.42. The molecule has 1 aliphatic heterocycles. The molecule has 10 nitrogen and oxygen atoms in total. The largest absolute Gasteiger partial charge is 0.466 e. The normalized spacial score (nSPS) is 34.8. The molecule has 5 atom stereocenters. The van der Waals surface area contributed by atoms with E-state index in [4.69, 9.17) is 14.4 Å². The Hall–Kier alpha value is -0.470. The summed E-state index contributed by atoms with van der Waals surface area (Å²) < 4.78 is 38.3. The Kier molecular flexibility index (Phi) is 6.80. The van der Waals surface area contributed by atoms with E-state index in [-0.39, 0.29) is 11.5 Å². The summed E-state index contributed by atoms with van der Waals surface area (Å²) in [6.45, 7) is 1.02. The van der Waals surface area contributed by atoms with E-state index in [1.165, 1.54) is 0 Å². The predicted molar refractivity (Wildman–Crippen MR) is 71.7 cm³/mol. The molecule has 1 aliphatic rings. The maximum atomic E-state index is 10.4. The van der Waals surface area contributed by atoms with Crippen LogP contribution < -0.4 is 0 Å². The van der Waals surface area contributed by atoms with E-state index in [1.807, 2.05) is 0 Å². The molecule has 124 valence electrons. The molecule has 0 radical (unpaired) electrons. The van der Waals surface area contributed by atoms with Crippen molar-refractivity contribution in [1.82, 2.24) is 0 Å². The molecule has 0 amide bonds. The van der Waals surface area contributed by atoms with Gasteiger partial charge in [-0.2, -0.15) is 8.42 Å². The molecule has 12 heteroatoms. The van der Waals surface area contributed by atoms with Gasteiger partial charge >= 0.3 is 10.4 Å². The third kappa shape index (κ3) is 5.34. The molecular formula is C9H17NO9S2. The number of thioether (sulfide) groups is 1. The van der Waals surface area contributed by atoms with Crippen molar-refractivity contribution >= 4 is 27.2 Å². The number of hydrogen-bond donors (Lipinski definition) is 5. The highest BCUT2D eigenvalue weighted by Gasteiger charge is 2.44. The van der Waals surface area contributed by atoms with Gasteiger partial charge in [-0.1, -0.05) is 23.8 Å². The first-order valence-electron chi connectivity index (χ1n) is 5.89. The second-order valence-electron chi connectivity index (χ2n) is 4.16. The standard InChI is InChI=1S/C9H17NO9S2/c1-2-5(10-19-21(15,16)17)20-9-8(14)7(13)6(12)4(3-11)18-9/h4,6-9,11-14H,2-3H2,1H3,(H,15,16,17)/t4?,6-,7+,8?,9+/m1/s1. The Bertz CT molecular complexity index is 466. The zero-order chi connectivity index (χ0) is 16.2. The zero-order valence-corrected chi connectivity index (χ0v) is 12.6. The van der Waals surface area contributed by atoms with Crippen LogP contribution in [-0.4, -0.2) is 74.9 Å². The highest BCUT2D eigenvalue weighted by atomic mass is 32.3. The van der Waals surface area contributed by atoms with Crippen molar-refractivity contribution in [3.05, 3.63) is 0 Å². The Balaban J connectivity index is 2.79. The summed E-state index contributed by atoms with van der Waals surface area (Å²) in [6.07, 6.45) is -5.42. The molecule has 0 aromatic carbocycles. The lowest BCUT2D eigenvalue weighted by Crippen LogP contribution is -2.57. The molecule has 2 unspecified atom stereocenters. The molecule has 0 aliphatic carbocycles. The van der Waals surface area contributed by atoms with Gasteiger partial charge in [0.15, 0.2) is 0 Å². The van der Waals surface area contributed by atoms with Crippen LogP contribution in [-0.2, 0) is 19.4 Å². The fourth-order valence-corrected chi connectivity index (χ4v) is 2.80. The lowest BCUT2D eigenvalue weighted by Gasteiger charge is -2.39. The second-order valence-corrected chi connectivity index (χ2v) is 6.33. The Morgan fingerprint density at radius 2 is 1.90 bits per heavy atom. The number of aliphatic hydroxyl groups excluding tert-OH is 4. The lowest BCUT2D eigenvalue weighted by atomic mass is 10.0. The molecule has 0 aromatic heterocycles. The van der Waals surface area contributed by atoms with Gasteiger partial charge in [-0.3, -0.25) is 4.55 Å². The third-order valence-electron chi connectivity index (χ3n) is 2.64. The summed E-state index contributed by atoms with van der Waals surface area (Å²) in [5.41, 5.74) is -1.11. The van der Waals surface area contributed by atoms with E-state index >= 15 is 0 Å². The molecule has 0 aromatic rings. The van der Waals surface area contributed by atoms with Gasteiger partial charge in [-0.25, -0.2) is 4.28 Å². The molecule has 0 spiro atoms. The lowest BCUT2D eigenvalue weighted by molar-refractivity contribution is -0.205. The van der Waals surface area contributed by atoms with Gasteiger partial charge < -0.3 is 25.2 Å². The van der Waals surface area contributed by atoms with Crippen molar-refractivity contribution in [3.63, 3.8) is 0 Å². The van der Waals surface area contributed by atoms with Gasteiger partial charge in [0, 0.05) is 0 Å². The Morgan fingerprint density at radius 1 is 1.29 bits per heavy atom.